The van der Waals surface area contributed by atoms with Crippen LogP contribution in [0.25, 0.3) is 0 Å². The van der Waals surface area contributed by atoms with Crippen molar-refractivity contribution >= 4 is 27.6 Å². The number of nitrogen functional groups attached to an aromatic ring is 1. The van der Waals surface area contributed by atoms with Crippen LogP contribution in [0.4, 0.5) is 5.69 Å². The van der Waals surface area contributed by atoms with Gasteiger partial charge in [0.05, 0.1) is 12.2 Å². The normalized spacial score (nSPS) is 12.2. The summed E-state index contributed by atoms with van der Waals surface area (Å²) in [4.78, 5) is 11.9. The van der Waals surface area contributed by atoms with Gasteiger partial charge in [0.1, 0.15) is 6.10 Å². The molecule has 2 N–H and O–H groups in total. The fourth-order valence-corrected chi connectivity index (χ4v) is 1.90. The van der Waals surface area contributed by atoms with Crippen molar-refractivity contribution in [3.8, 4) is 0 Å². The molecular weight excluding hydrogens is 286 g/mol. The first-order chi connectivity index (χ1) is 7.95. The number of ether oxygens (including phenoxy) is 2. The highest BCUT2D eigenvalue weighted by Crippen LogP contribution is 2.23. The molecule has 0 radical (unpaired) electrons. The summed E-state index contributed by atoms with van der Waals surface area (Å²) in [6, 6.07) is 3.46. The Labute approximate surface area is 109 Å². The maximum absolute atomic E-state index is 11.9. The van der Waals surface area contributed by atoms with Crippen molar-refractivity contribution in [3.63, 3.8) is 0 Å². The molecule has 0 heterocycles. The second-order valence-corrected chi connectivity index (χ2v) is 4.75. The Morgan fingerprint density at radius 2 is 2.18 bits per heavy atom. The van der Waals surface area contributed by atoms with Gasteiger partial charge in [0.2, 0.25) is 0 Å². The van der Waals surface area contributed by atoms with Gasteiger partial charge < -0.3 is 15.2 Å². The molecule has 0 aliphatic heterocycles. The lowest BCUT2D eigenvalue weighted by molar-refractivity contribution is 0.0119. The highest BCUT2D eigenvalue weighted by molar-refractivity contribution is 9.10. The number of anilines is 1. The molecule has 1 unspecified atom stereocenters. The smallest absolute Gasteiger partial charge is 0.338 e. The quantitative estimate of drug-likeness (QED) is 0.686. The summed E-state index contributed by atoms with van der Waals surface area (Å²) in [5.41, 5.74) is 7.54. The summed E-state index contributed by atoms with van der Waals surface area (Å²) in [5, 5.41) is 0. The Morgan fingerprint density at radius 3 is 2.76 bits per heavy atom. The Bertz CT molecular complexity index is 420. The van der Waals surface area contributed by atoms with E-state index in [9.17, 15) is 4.79 Å². The van der Waals surface area contributed by atoms with Crippen LogP contribution in [0.1, 0.15) is 22.8 Å². The zero-order valence-electron chi connectivity index (χ0n) is 10.1. The summed E-state index contributed by atoms with van der Waals surface area (Å²) in [6.07, 6.45) is -0.285. The highest BCUT2D eigenvalue weighted by atomic mass is 79.9. The fourth-order valence-electron chi connectivity index (χ4n) is 1.43. The van der Waals surface area contributed by atoms with Crippen molar-refractivity contribution < 1.29 is 14.3 Å². The van der Waals surface area contributed by atoms with E-state index in [1.165, 1.54) is 0 Å². The topological polar surface area (TPSA) is 61.5 Å². The van der Waals surface area contributed by atoms with Crippen LogP contribution in [0.2, 0.25) is 0 Å². The van der Waals surface area contributed by atoms with Gasteiger partial charge in [-0.05, 0) is 31.5 Å². The first-order valence-electron chi connectivity index (χ1n) is 5.21. The van der Waals surface area contributed by atoms with E-state index in [0.29, 0.717) is 17.9 Å². The molecule has 0 saturated heterocycles. The predicted octanol–water partition coefficient (Wildman–Crippen LogP) is 2.53. The average molecular weight is 302 g/mol. The van der Waals surface area contributed by atoms with Crippen LogP contribution in [-0.4, -0.2) is 25.8 Å². The van der Waals surface area contributed by atoms with Crippen molar-refractivity contribution in [2.45, 2.75) is 20.0 Å². The maximum atomic E-state index is 11.9. The number of hydrogen-bond acceptors (Lipinski definition) is 4. The molecule has 4 nitrogen and oxygen atoms in total. The average Bonchev–Trinajstić information content (AvgIpc) is 2.23. The number of methoxy groups -OCH3 is 1. The van der Waals surface area contributed by atoms with Crippen LogP contribution < -0.4 is 5.73 Å². The number of carbonyl (C=O) groups is 1. The third-order valence-electron chi connectivity index (χ3n) is 2.34. The molecular formula is C12H16BrNO3. The molecule has 0 bridgehead atoms. The van der Waals surface area contributed by atoms with Crippen molar-refractivity contribution in [2.75, 3.05) is 19.5 Å². The van der Waals surface area contributed by atoms with Gasteiger partial charge in [0, 0.05) is 17.3 Å². The van der Waals surface area contributed by atoms with E-state index in [1.807, 2.05) is 0 Å². The van der Waals surface area contributed by atoms with E-state index in [1.54, 1.807) is 33.1 Å². The van der Waals surface area contributed by atoms with Gasteiger partial charge in [-0.25, -0.2) is 4.79 Å². The number of nitrogens with two attached hydrogens (primary N) is 1. The lowest BCUT2D eigenvalue weighted by Gasteiger charge is -2.14. The summed E-state index contributed by atoms with van der Waals surface area (Å²) in [7, 11) is 1.56. The van der Waals surface area contributed by atoms with E-state index in [-0.39, 0.29) is 12.1 Å². The van der Waals surface area contributed by atoms with E-state index < -0.39 is 0 Å². The molecule has 1 aromatic rings. The molecule has 1 atom stereocenters. The van der Waals surface area contributed by atoms with Crippen molar-refractivity contribution in [1.29, 1.82) is 0 Å². The number of esters is 1. The summed E-state index contributed by atoms with van der Waals surface area (Å²) >= 11 is 3.30. The van der Waals surface area contributed by atoms with Gasteiger partial charge in [0.25, 0.3) is 0 Å². The number of halogens is 1. The molecule has 0 spiro atoms. The van der Waals surface area contributed by atoms with Crippen LogP contribution in [-0.2, 0) is 9.47 Å². The minimum Gasteiger partial charge on any atom is -0.457 e. The van der Waals surface area contributed by atoms with Crippen LogP contribution in [0.15, 0.2) is 16.6 Å². The van der Waals surface area contributed by atoms with Gasteiger partial charge in [-0.15, -0.1) is 0 Å². The Kier molecular flexibility index (Phi) is 4.96. The predicted molar refractivity (Wildman–Crippen MR) is 70.0 cm³/mol. The van der Waals surface area contributed by atoms with Gasteiger partial charge in [0.15, 0.2) is 0 Å². The highest BCUT2D eigenvalue weighted by Gasteiger charge is 2.16. The van der Waals surface area contributed by atoms with E-state index >= 15 is 0 Å². The second kappa shape index (κ2) is 6.02. The molecule has 0 aromatic heterocycles. The molecule has 0 fully saturated rings. The minimum atomic E-state index is -0.389. The molecule has 1 rings (SSSR count). The number of benzene rings is 1. The van der Waals surface area contributed by atoms with Gasteiger partial charge in [-0.2, -0.15) is 0 Å². The standard InChI is InChI=1S/C12H16BrNO3/c1-7(6-16-3)17-12(15)10-4-9(13)5-11(14)8(10)2/h4-5,7H,6,14H2,1-3H3. The minimum absolute atomic E-state index is 0.285. The third kappa shape index (κ3) is 3.71. The summed E-state index contributed by atoms with van der Waals surface area (Å²) in [5.74, 6) is -0.389. The molecule has 0 saturated carbocycles. The molecule has 0 aliphatic rings. The Morgan fingerprint density at radius 1 is 1.53 bits per heavy atom. The van der Waals surface area contributed by atoms with Crippen LogP contribution >= 0.6 is 15.9 Å². The molecule has 0 amide bonds. The number of carbonyl (C=O) groups excluding carboxylic acids is 1. The van der Waals surface area contributed by atoms with E-state index in [0.717, 1.165) is 10.0 Å². The monoisotopic (exact) mass is 301 g/mol. The van der Waals surface area contributed by atoms with E-state index in [4.69, 9.17) is 15.2 Å². The number of hydrogen-bond donors (Lipinski definition) is 1. The molecule has 94 valence electrons. The van der Waals surface area contributed by atoms with Gasteiger partial charge >= 0.3 is 5.97 Å². The summed E-state index contributed by atoms with van der Waals surface area (Å²) in [6.45, 7) is 3.94. The first kappa shape index (κ1) is 14.0. The third-order valence-corrected chi connectivity index (χ3v) is 2.80. The molecule has 1 aromatic carbocycles. The van der Waals surface area contributed by atoms with Gasteiger partial charge in [-0.1, -0.05) is 15.9 Å². The zero-order valence-corrected chi connectivity index (χ0v) is 11.7. The lowest BCUT2D eigenvalue weighted by atomic mass is 10.1. The molecule has 0 aliphatic carbocycles. The van der Waals surface area contributed by atoms with Gasteiger partial charge in [-0.3, -0.25) is 0 Å². The second-order valence-electron chi connectivity index (χ2n) is 3.84. The Balaban J connectivity index is 2.89. The first-order valence-corrected chi connectivity index (χ1v) is 6.00. The Hall–Kier alpha value is -1.07. The largest absolute Gasteiger partial charge is 0.457 e. The SMILES string of the molecule is COCC(C)OC(=O)c1cc(Br)cc(N)c1C. The van der Waals surface area contributed by atoms with Crippen LogP contribution in [0.3, 0.4) is 0 Å². The van der Waals surface area contributed by atoms with Crippen LogP contribution in [0.5, 0.6) is 0 Å². The summed E-state index contributed by atoms with van der Waals surface area (Å²) < 4.78 is 10.9. The van der Waals surface area contributed by atoms with E-state index in [2.05, 4.69) is 15.9 Å². The fraction of sp³-hybridized carbons (Fsp3) is 0.417. The lowest BCUT2D eigenvalue weighted by Crippen LogP contribution is -2.20. The maximum Gasteiger partial charge on any atom is 0.338 e. The van der Waals surface area contributed by atoms with Crippen molar-refractivity contribution in [2.24, 2.45) is 0 Å². The molecule has 17 heavy (non-hydrogen) atoms. The van der Waals surface area contributed by atoms with Crippen LogP contribution in [0, 0.1) is 6.92 Å². The zero-order chi connectivity index (χ0) is 13.0. The van der Waals surface area contributed by atoms with Crippen molar-refractivity contribution in [1.82, 2.24) is 0 Å². The molecule has 5 heteroatoms. The number of rotatable bonds is 4. The van der Waals surface area contributed by atoms with Crippen molar-refractivity contribution in [3.05, 3.63) is 27.7 Å².